The van der Waals surface area contributed by atoms with E-state index in [4.69, 9.17) is 11.6 Å². The molecule has 2 aliphatic rings. The predicted octanol–water partition coefficient (Wildman–Crippen LogP) is 5.41. The van der Waals surface area contributed by atoms with Crippen LogP contribution < -0.4 is 0 Å². The molecule has 1 aromatic rings. The summed E-state index contributed by atoms with van der Waals surface area (Å²) in [4.78, 5) is 16.8. The minimum Gasteiger partial charge on any atom is -0.288 e. The Bertz CT molecular complexity index is 736. The number of fused-ring (bicyclic) bond motifs is 2. The number of hydrogen-bond donors (Lipinski definition) is 0. The molecule has 0 unspecified atom stereocenters. The van der Waals surface area contributed by atoms with Crippen LogP contribution in [0.4, 0.5) is 5.69 Å². The molecule has 1 aliphatic heterocycles. The van der Waals surface area contributed by atoms with Gasteiger partial charge in [-0.25, -0.2) is 4.99 Å². The number of hydrogen-bond acceptors (Lipinski definition) is 2. The Balaban J connectivity index is 0.000000847. The van der Waals surface area contributed by atoms with Gasteiger partial charge in [0.05, 0.1) is 16.4 Å². The zero-order valence-corrected chi connectivity index (χ0v) is 14.8. The van der Waals surface area contributed by atoms with Crippen molar-refractivity contribution in [3.8, 4) is 0 Å². The highest BCUT2D eigenvalue weighted by Crippen LogP contribution is 2.46. The van der Waals surface area contributed by atoms with Crippen LogP contribution in [0.1, 0.15) is 45.7 Å². The maximum absolute atomic E-state index is 12.1. The molecule has 0 spiro atoms. The van der Waals surface area contributed by atoms with E-state index in [1.807, 2.05) is 26.0 Å². The molecule has 2 nitrogen and oxygen atoms in total. The molecule has 0 atom stereocenters. The highest BCUT2D eigenvalue weighted by Gasteiger charge is 2.39. The molecule has 0 fully saturated rings. The first-order chi connectivity index (χ1) is 10.3. The lowest BCUT2D eigenvalue weighted by Crippen LogP contribution is -2.33. The van der Waals surface area contributed by atoms with Crippen molar-refractivity contribution in [2.24, 2.45) is 4.99 Å². The third kappa shape index (κ3) is 2.46. The Kier molecular flexibility index (Phi) is 4.44. The molecule has 1 aromatic carbocycles. The first kappa shape index (κ1) is 16.7. The first-order valence-electron chi connectivity index (χ1n) is 7.66. The van der Waals surface area contributed by atoms with Crippen molar-refractivity contribution in [2.45, 2.75) is 47.0 Å². The van der Waals surface area contributed by atoms with E-state index in [-0.39, 0.29) is 11.2 Å². The Hall–Kier alpha value is -1.67. The summed E-state index contributed by atoms with van der Waals surface area (Å²) in [5.74, 6) is -0.0928. The highest BCUT2D eigenvalue weighted by molar-refractivity contribution is 6.49. The smallest absolute Gasteiger partial charge is 0.200 e. The lowest BCUT2D eigenvalue weighted by molar-refractivity contribution is -0.111. The lowest BCUT2D eigenvalue weighted by atomic mass is 9.70. The fourth-order valence-corrected chi connectivity index (χ4v) is 3.42. The van der Waals surface area contributed by atoms with E-state index in [9.17, 15) is 4.79 Å². The van der Waals surface area contributed by atoms with Gasteiger partial charge in [0.1, 0.15) is 0 Å². The number of ketones is 1. The van der Waals surface area contributed by atoms with Gasteiger partial charge in [0, 0.05) is 16.6 Å². The first-order valence-corrected chi connectivity index (χ1v) is 8.03. The fourth-order valence-electron chi connectivity index (χ4n) is 2.94. The molecule has 0 aromatic heterocycles. The minimum atomic E-state index is -0.317. The monoisotopic (exact) mass is 315 g/mol. The zero-order chi connectivity index (χ0) is 16.7. The summed E-state index contributed by atoms with van der Waals surface area (Å²) in [5, 5.41) is 0.306. The molecular formula is C19H22ClNO. The van der Waals surface area contributed by atoms with Crippen LogP contribution in [-0.4, -0.2) is 11.5 Å². The Morgan fingerprint density at radius 1 is 1.14 bits per heavy atom. The maximum Gasteiger partial charge on any atom is 0.200 e. The van der Waals surface area contributed by atoms with Crippen LogP contribution in [0, 0.1) is 6.92 Å². The molecule has 0 bridgehead atoms. The second-order valence-electron chi connectivity index (χ2n) is 5.99. The van der Waals surface area contributed by atoms with Gasteiger partial charge >= 0.3 is 0 Å². The van der Waals surface area contributed by atoms with Gasteiger partial charge in [-0.15, -0.1) is 0 Å². The highest BCUT2D eigenvalue weighted by atomic mass is 35.5. The summed E-state index contributed by atoms with van der Waals surface area (Å²) in [5.41, 5.74) is 5.24. The van der Waals surface area contributed by atoms with Crippen molar-refractivity contribution in [1.82, 2.24) is 0 Å². The normalized spacial score (nSPS) is 18.6. The Labute approximate surface area is 137 Å². The van der Waals surface area contributed by atoms with E-state index in [0.29, 0.717) is 10.6 Å². The van der Waals surface area contributed by atoms with Gasteiger partial charge in [0.2, 0.25) is 5.78 Å². The van der Waals surface area contributed by atoms with Crippen LogP contribution in [0.3, 0.4) is 0 Å². The number of Topliss-reactive ketones (excluding diaryl/α,β-unsaturated/α-hetero) is 1. The number of benzene rings is 1. The summed E-state index contributed by atoms with van der Waals surface area (Å²) >= 11 is 6.33. The zero-order valence-electron chi connectivity index (χ0n) is 14.0. The molecule has 116 valence electrons. The molecule has 0 saturated carbocycles. The number of allylic oxidation sites excluding steroid dienone is 4. The quantitative estimate of drug-likeness (QED) is 0.589. The molecule has 3 heteroatoms. The van der Waals surface area contributed by atoms with Crippen molar-refractivity contribution < 1.29 is 4.79 Å². The van der Waals surface area contributed by atoms with Crippen molar-refractivity contribution in [1.29, 1.82) is 0 Å². The topological polar surface area (TPSA) is 29.4 Å². The second kappa shape index (κ2) is 5.85. The van der Waals surface area contributed by atoms with E-state index < -0.39 is 0 Å². The van der Waals surface area contributed by atoms with Crippen LogP contribution >= 0.6 is 11.6 Å². The number of aliphatic imine (C=N–C) groups is 1. The molecule has 22 heavy (non-hydrogen) atoms. The fraction of sp³-hybridized carbons (Fsp3) is 0.368. The third-order valence-electron chi connectivity index (χ3n) is 4.08. The number of carbonyl (C=O) groups is 1. The molecular weight excluding hydrogens is 294 g/mol. The van der Waals surface area contributed by atoms with Gasteiger partial charge in [-0.3, -0.25) is 4.79 Å². The molecule has 1 aliphatic carbocycles. The van der Waals surface area contributed by atoms with Crippen LogP contribution in [0.2, 0.25) is 0 Å². The van der Waals surface area contributed by atoms with Gasteiger partial charge in [0.25, 0.3) is 0 Å². The van der Waals surface area contributed by atoms with Gasteiger partial charge in [-0.1, -0.05) is 57.0 Å². The van der Waals surface area contributed by atoms with Gasteiger partial charge in [-0.05, 0) is 31.6 Å². The number of nitrogens with zero attached hydrogens (tertiary/aromatic N) is 1. The van der Waals surface area contributed by atoms with Crippen molar-refractivity contribution in [2.75, 3.05) is 0 Å². The van der Waals surface area contributed by atoms with Crippen LogP contribution in [0.5, 0.6) is 0 Å². The largest absolute Gasteiger partial charge is 0.288 e. The summed E-state index contributed by atoms with van der Waals surface area (Å²) < 4.78 is 0. The van der Waals surface area contributed by atoms with E-state index in [2.05, 4.69) is 37.9 Å². The SMILES string of the molecule is CC.CC1=CC2=Nc3ccc(C)cc3C(C)(C)C2=C(Cl)C1=O. The van der Waals surface area contributed by atoms with Crippen molar-refractivity contribution in [3.05, 3.63) is 51.6 Å². The summed E-state index contributed by atoms with van der Waals surface area (Å²) in [6.07, 6.45) is 1.84. The number of carbonyl (C=O) groups excluding carboxylic acids is 1. The summed E-state index contributed by atoms with van der Waals surface area (Å²) in [7, 11) is 0. The number of halogens is 1. The molecule has 0 amide bonds. The van der Waals surface area contributed by atoms with Gasteiger partial charge in [0.15, 0.2) is 0 Å². The van der Waals surface area contributed by atoms with E-state index >= 15 is 0 Å². The van der Waals surface area contributed by atoms with Crippen molar-refractivity contribution >= 4 is 28.8 Å². The number of rotatable bonds is 0. The van der Waals surface area contributed by atoms with E-state index in [1.165, 1.54) is 5.56 Å². The average Bonchev–Trinajstić information content (AvgIpc) is 2.47. The average molecular weight is 316 g/mol. The number of aryl methyl sites for hydroxylation is 1. The molecule has 0 N–H and O–H groups in total. The second-order valence-corrected chi connectivity index (χ2v) is 6.37. The predicted molar refractivity (Wildman–Crippen MR) is 94.3 cm³/mol. The lowest BCUT2D eigenvalue weighted by Gasteiger charge is -2.36. The Morgan fingerprint density at radius 3 is 2.41 bits per heavy atom. The van der Waals surface area contributed by atoms with Crippen LogP contribution in [0.25, 0.3) is 0 Å². The molecule has 3 rings (SSSR count). The molecule has 1 heterocycles. The van der Waals surface area contributed by atoms with E-state index in [0.717, 1.165) is 22.5 Å². The summed E-state index contributed by atoms with van der Waals surface area (Å²) in [6, 6.07) is 6.21. The van der Waals surface area contributed by atoms with Gasteiger partial charge in [-0.2, -0.15) is 0 Å². The minimum absolute atomic E-state index is 0.0928. The third-order valence-corrected chi connectivity index (χ3v) is 4.44. The molecule has 0 saturated heterocycles. The summed E-state index contributed by atoms with van der Waals surface area (Å²) in [6.45, 7) is 12.0. The van der Waals surface area contributed by atoms with Crippen molar-refractivity contribution in [3.63, 3.8) is 0 Å². The van der Waals surface area contributed by atoms with Crippen LogP contribution in [-0.2, 0) is 10.2 Å². The van der Waals surface area contributed by atoms with Gasteiger partial charge < -0.3 is 0 Å². The van der Waals surface area contributed by atoms with Crippen LogP contribution in [0.15, 0.2) is 45.4 Å². The van der Waals surface area contributed by atoms with E-state index in [1.54, 1.807) is 6.92 Å². The molecule has 0 radical (unpaired) electrons. The Morgan fingerprint density at radius 2 is 1.77 bits per heavy atom. The standard InChI is InChI=1S/C17H16ClNO.C2H6/c1-9-5-6-12-11(7-9)17(3,4)14-13(19-12)8-10(2)16(20)15(14)18;1-2/h5-8H,1-4H3;1-2H3. The maximum atomic E-state index is 12.1.